The molecule has 2 amide bonds. The Morgan fingerprint density at radius 1 is 1.07 bits per heavy atom. The highest BCUT2D eigenvalue weighted by atomic mass is 32.1. The highest BCUT2D eigenvalue weighted by Gasteiger charge is 2.09. The van der Waals surface area contributed by atoms with E-state index in [1.54, 1.807) is 31.4 Å². The van der Waals surface area contributed by atoms with Crippen molar-refractivity contribution in [2.75, 3.05) is 17.7 Å². The van der Waals surface area contributed by atoms with Crippen LogP contribution < -0.4 is 20.1 Å². The van der Waals surface area contributed by atoms with E-state index in [9.17, 15) is 4.79 Å². The van der Waals surface area contributed by atoms with Crippen LogP contribution in [0.2, 0.25) is 0 Å². The fraction of sp³-hybridized carbons (Fsp3) is 0.250. The number of rotatable bonds is 8. The lowest BCUT2D eigenvalue weighted by molar-refractivity contribution is 0.262. The number of methoxy groups -OCH3 is 1. The van der Waals surface area contributed by atoms with Crippen LogP contribution in [0.1, 0.15) is 23.9 Å². The molecule has 0 unspecified atom stereocenters. The van der Waals surface area contributed by atoms with E-state index in [2.05, 4.69) is 39.9 Å². The van der Waals surface area contributed by atoms with E-state index in [0.29, 0.717) is 28.2 Å². The van der Waals surface area contributed by atoms with E-state index in [1.807, 2.05) is 12.1 Å². The lowest BCUT2D eigenvalue weighted by Crippen LogP contribution is -2.19. The van der Waals surface area contributed by atoms with Gasteiger partial charge in [0, 0.05) is 11.8 Å². The summed E-state index contributed by atoms with van der Waals surface area (Å²) in [6, 6.07) is 14.7. The third-order valence-electron chi connectivity index (χ3n) is 3.84. The molecule has 0 fully saturated rings. The number of urea groups is 1. The Morgan fingerprint density at radius 2 is 1.89 bits per heavy atom. The molecule has 1 heterocycles. The number of aromatic nitrogens is 2. The first kappa shape index (κ1) is 19.6. The number of nitrogens with one attached hydrogen (secondary N) is 2. The Hall–Kier alpha value is -3.13. The summed E-state index contributed by atoms with van der Waals surface area (Å²) in [7, 11) is 1.57. The number of hydrogen-bond donors (Lipinski definition) is 2. The number of carbonyl (C=O) groups excluding carboxylic acids is 1. The zero-order valence-electron chi connectivity index (χ0n) is 15.8. The van der Waals surface area contributed by atoms with Crippen LogP contribution in [-0.4, -0.2) is 23.3 Å². The predicted molar refractivity (Wildman–Crippen MR) is 110 cm³/mol. The van der Waals surface area contributed by atoms with Gasteiger partial charge in [-0.3, -0.25) is 5.32 Å². The Kier molecular flexibility index (Phi) is 6.80. The van der Waals surface area contributed by atoms with Gasteiger partial charge < -0.3 is 14.8 Å². The van der Waals surface area contributed by atoms with Crippen molar-refractivity contribution in [3.05, 3.63) is 59.1 Å². The number of carbonyl (C=O) groups is 1. The average molecular weight is 398 g/mol. The average Bonchev–Trinajstić information content (AvgIpc) is 3.15. The SMILES string of the molecule is CCCc1ccc(OCc2nnc(NC(=O)Nc3cccc(OC)c3)s2)cc1. The third kappa shape index (κ3) is 5.68. The van der Waals surface area contributed by atoms with Gasteiger partial charge in [-0.15, -0.1) is 10.2 Å². The zero-order valence-corrected chi connectivity index (χ0v) is 16.6. The van der Waals surface area contributed by atoms with Crippen molar-refractivity contribution in [3.63, 3.8) is 0 Å². The van der Waals surface area contributed by atoms with Gasteiger partial charge in [-0.25, -0.2) is 4.79 Å². The summed E-state index contributed by atoms with van der Waals surface area (Å²) in [5.74, 6) is 1.44. The Bertz CT molecular complexity index is 912. The number of nitrogens with zero attached hydrogens (tertiary/aromatic N) is 2. The number of aryl methyl sites for hydroxylation is 1. The second-order valence-corrected chi connectivity index (χ2v) is 7.06. The van der Waals surface area contributed by atoms with Gasteiger partial charge in [0.15, 0.2) is 5.01 Å². The number of anilines is 2. The molecule has 3 aromatic rings. The molecule has 146 valence electrons. The molecule has 8 heteroatoms. The fourth-order valence-electron chi connectivity index (χ4n) is 2.51. The molecule has 0 aliphatic carbocycles. The van der Waals surface area contributed by atoms with Crippen molar-refractivity contribution in [1.82, 2.24) is 10.2 Å². The van der Waals surface area contributed by atoms with E-state index < -0.39 is 6.03 Å². The fourth-order valence-corrected chi connectivity index (χ4v) is 3.16. The minimum atomic E-state index is -0.400. The van der Waals surface area contributed by atoms with Crippen molar-refractivity contribution in [1.29, 1.82) is 0 Å². The van der Waals surface area contributed by atoms with Gasteiger partial charge in [0.05, 0.1) is 7.11 Å². The van der Waals surface area contributed by atoms with Crippen molar-refractivity contribution in [2.45, 2.75) is 26.4 Å². The largest absolute Gasteiger partial charge is 0.497 e. The molecule has 0 saturated heterocycles. The van der Waals surface area contributed by atoms with Crippen LogP contribution in [-0.2, 0) is 13.0 Å². The predicted octanol–water partition coefficient (Wildman–Crippen LogP) is 4.72. The minimum Gasteiger partial charge on any atom is -0.497 e. The maximum Gasteiger partial charge on any atom is 0.325 e. The molecular formula is C20H22N4O3S. The minimum absolute atomic E-state index is 0.296. The topological polar surface area (TPSA) is 85.4 Å². The van der Waals surface area contributed by atoms with Crippen LogP contribution in [0, 0.1) is 0 Å². The van der Waals surface area contributed by atoms with Gasteiger partial charge in [-0.05, 0) is 36.2 Å². The first-order chi connectivity index (χ1) is 13.7. The van der Waals surface area contributed by atoms with Gasteiger partial charge in [0.25, 0.3) is 0 Å². The molecular weight excluding hydrogens is 376 g/mol. The smallest absolute Gasteiger partial charge is 0.325 e. The van der Waals surface area contributed by atoms with Crippen LogP contribution in [0.5, 0.6) is 11.5 Å². The van der Waals surface area contributed by atoms with Crippen LogP contribution in [0.3, 0.4) is 0 Å². The quantitative estimate of drug-likeness (QED) is 0.573. The van der Waals surface area contributed by atoms with Gasteiger partial charge in [-0.2, -0.15) is 0 Å². The van der Waals surface area contributed by atoms with Gasteiger partial charge >= 0.3 is 6.03 Å². The molecule has 3 rings (SSSR count). The lowest BCUT2D eigenvalue weighted by atomic mass is 10.1. The summed E-state index contributed by atoms with van der Waals surface area (Å²) in [4.78, 5) is 12.1. The molecule has 1 aromatic heterocycles. The Labute approximate surface area is 167 Å². The van der Waals surface area contributed by atoms with E-state index in [0.717, 1.165) is 18.6 Å². The molecule has 0 atom stereocenters. The summed E-state index contributed by atoms with van der Waals surface area (Å²) < 4.78 is 10.9. The maximum absolute atomic E-state index is 12.1. The summed E-state index contributed by atoms with van der Waals surface area (Å²) in [6.45, 7) is 2.45. The van der Waals surface area contributed by atoms with Crippen LogP contribution in [0.15, 0.2) is 48.5 Å². The Morgan fingerprint density at radius 3 is 2.64 bits per heavy atom. The van der Waals surface area contributed by atoms with Gasteiger partial charge in [-0.1, -0.05) is 42.9 Å². The van der Waals surface area contributed by atoms with Crippen LogP contribution in [0.25, 0.3) is 0 Å². The van der Waals surface area contributed by atoms with Gasteiger partial charge in [0.1, 0.15) is 18.1 Å². The van der Waals surface area contributed by atoms with Crippen molar-refractivity contribution < 1.29 is 14.3 Å². The highest BCUT2D eigenvalue weighted by Crippen LogP contribution is 2.20. The van der Waals surface area contributed by atoms with Gasteiger partial charge in [0.2, 0.25) is 5.13 Å². The molecule has 0 radical (unpaired) electrons. The number of amides is 2. The molecule has 2 N–H and O–H groups in total. The van der Waals surface area contributed by atoms with Crippen molar-refractivity contribution in [3.8, 4) is 11.5 Å². The highest BCUT2D eigenvalue weighted by molar-refractivity contribution is 7.15. The van der Waals surface area contributed by atoms with Crippen molar-refractivity contribution >= 4 is 28.2 Å². The second kappa shape index (κ2) is 9.70. The number of benzene rings is 2. The first-order valence-electron chi connectivity index (χ1n) is 8.92. The third-order valence-corrected chi connectivity index (χ3v) is 4.65. The summed E-state index contributed by atoms with van der Waals surface area (Å²) in [6.07, 6.45) is 2.18. The molecule has 0 aliphatic rings. The molecule has 28 heavy (non-hydrogen) atoms. The van der Waals surface area contributed by atoms with Crippen LogP contribution in [0.4, 0.5) is 15.6 Å². The normalized spacial score (nSPS) is 10.4. The maximum atomic E-state index is 12.1. The number of hydrogen-bond acceptors (Lipinski definition) is 6. The van der Waals surface area contributed by atoms with E-state index in [4.69, 9.17) is 9.47 Å². The second-order valence-electron chi connectivity index (χ2n) is 5.99. The zero-order chi connectivity index (χ0) is 19.8. The molecule has 2 aromatic carbocycles. The Balaban J connectivity index is 1.49. The molecule has 0 bridgehead atoms. The van der Waals surface area contributed by atoms with Crippen LogP contribution >= 0.6 is 11.3 Å². The molecule has 7 nitrogen and oxygen atoms in total. The van der Waals surface area contributed by atoms with Crippen molar-refractivity contribution in [2.24, 2.45) is 0 Å². The summed E-state index contributed by atoms with van der Waals surface area (Å²) in [5.41, 5.74) is 1.91. The number of ether oxygens (including phenoxy) is 2. The lowest BCUT2D eigenvalue weighted by Gasteiger charge is -2.06. The van der Waals surface area contributed by atoms with E-state index in [1.165, 1.54) is 16.9 Å². The van der Waals surface area contributed by atoms with E-state index in [-0.39, 0.29) is 0 Å². The summed E-state index contributed by atoms with van der Waals surface area (Å²) >= 11 is 1.27. The standard InChI is InChI=1S/C20H22N4O3S/c1-3-5-14-8-10-16(11-9-14)27-13-18-23-24-20(28-18)22-19(25)21-15-6-4-7-17(12-15)26-2/h4,6-12H,3,5,13H2,1-2H3,(H2,21,22,24,25). The molecule has 0 spiro atoms. The molecule has 0 saturated carbocycles. The van der Waals surface area contributed by atoms with E-state index >= 15 is 0 Å². The molecule has 0 aliphatic heterocycles. The first-order valence-corrected chi connectivity index (χ1v) is 9.74. The summed E-state index contributed by atoms with van der Waals surface area (Å²) in [5, 5.41) is 14.5. The monoisotopic (exact) mass is 398 g/mol.